The van der Waals surface area contributed by atoms with Crippen molar-refractivity contribution in [2.45, 2.75) is 6.04 Å². The fourth-order valence-corrected chi connectivity index (χ4v) is 1.06. The first kappa shape index (κ1) is 9.52. The van der Waals surface area contributed by atoms with E-state index in [4.69, 9.17) is 21.8 Å². The summed E-state index contributed by atoms with van der Waals surface area (Å²) in [4.78, 5) is 0. The molecule has 1 rings (SSSR count). The van der Waals surface area contributed by atoms with Crippen LogP contribution in [0.25, 0.3) is 0 Å². The number of aliphatic hydroxyl groups is 1. The molecule has 0 aliphatic carbocycles. The molecule has 0 amide bonds. The van der Waals surface area contributed by atoms with Gasteiger partial charge >= 0.3 is 0 Å². The SMILES string of the molecule is N#Cc1ccc(N)c([C@H](N)CO)c1. The number of nitrogens with two attached hydrogens (primary N) is 2. The molecule has 0 saturated heterocycles. The van der Waals surface area contributed by atoms with Crippen LogP contribution in [0, 0.1) is 11.3 Å². The van der Waals surface area contributed by atoms with Crippen molar-refractivity contribution in [3.8, 4) is 6.07 Å². The Morgan fingerprint density at radius 2 is 2.23 bits per heavy atom. The van der Waals surface area contributed by atoms with E-state index >= 15 is 0 Å². The zero-order chi connectivity index (χ0) is 9.84. The molecular formula is C9H11N3O. The van der Waals surface area contributed by atoms with Gasteiger partial charge in [-0.1, -0.05) is 0 Å². The summed E-state index contributed by atoms with van der Waals surface area (Å²) in [7, 11) is 0. The molecule has 0 bridgehead atoms. The molecule has 1 aromatic carbocycles. The second-order valence-corrected chi connectivity index (χ2v) is 2.74. The molecule has 0 heterocycles. The molecule has 5 N–H and O–H groups in total. The number of hydrogen-bond acceptors (Lipinski definition) is 4. The summed E-state index contributed by atoms with van der Waals surface area (Å²) < 4.78 is 0. The average Bonchev–Trinajstić information content (AvgIpc) is 2.17. The van der Waals surface area contributed by atoms with Gasteiger partial charge in [-0.2, -0.15) is 5.26 Å². The molecule has 0 saturated carbocycles. The first-order valence-electron chi connectivity index (χ1n) is 3.85. The summed E-state index contributed by atoms with van der Waals surface area (Å²) in [5.41, 5.74) is 12.8. The summed E-state index contributed by atoms with van der Waals surface area (Å²) in [6.45, 7) is -0.181. The predicted octanol–water partition coefficient (Wildman–Crippen LogP) is 0.133. The highest BCUT2D eigenvalue weighted by Gasteiger charge is 2.08. The quantitative estimate of drug-likeness (QED) is 0.559. The molecule has 0 unspecified atom stereocenters. The van der Waals surface area contributed by atoms with Gasteiger partial charge in [0.2, 0.25) is 0 Å². The second-order valence-electron chi connectivity index (χ2n) is 2.74. The van der Waals surface area contributed by atoms with Crippen LogP contribution in [0.4, 0.5) is 5.69 Å². The maximum Gasteiger partial charge on any atom is 0.0991 e. The lowest BCUT2D eigenvalue weighted by Crippen LogP contribution is -2.16. The Balaban J connectivity index is 3.12. The molecule has 4 nitrogen and oxygen atoms in total. The van der Waals surface area contributed by atoms with Crippen LogP contribution in [0.5, 0.6) is 0 Å². The van der Waals surface area contributed by atoms with Crippen molar-refractivity contribution in [2.75, 3.05) is 12.3 Å². The third-order valence-corrected chi connectivity index (χ3v) is 1.81. The fraction of sp³-hybridized carbons (Fsp3) is 0.222. The van der Waals surface area contributed by atoms with Crippen molar-refractivity contribution in [1.29, 1.82) is 5.26 Å². The van der Waals surface area contributed by atoms with Crippen molar-refractivity contribution in [1.82, 2.24) is 0 Å². The van der Waals surface area contributed by atoms with E-state index in [-0.39, 0.29) is 6.61 Å². The number of anilines is 1. The van der Waals surface area contributed by atoms with Crippen LogP contribution in [0.3, 0.4) is 0 Å². The van der Waals surface area contributed by atoms with Gasteiger partial charge in [-0.25, -0.2) is 0 Å². The lowest BCUT2D eigenvalue weighted by molar-refractivity contribution is 0.268. The summed E-state index contributed by atoms with van der Waals surface area (Å²) >= 11 is 0. The van der Waals surface area contributed by atoms with Gasteiger partial charge < -0.3 is 16.6 Å². The highest BCUT2D eigenvalue weighted by Crippen LogP contribution is 2.19. The summed E-state index contributed by atoms with van der Waals surface area (Å²) in [6.07, 6.45) is 0. The van der Waals surface area contributed by atoms with Gasteiger partial charge in [-0.05, 0) is 23.8 Å². The van der Waals surface area contributed by atoms with Crippen molar-refractivity contribution >= 4 is 5.69 Å². The molecule has 0 aliphatic heterocycles. The number of benzene rings is 1. The Morgan fingerprint density at radius 1 is 1.54 bits per heavy atom. The highest BCUT2D eigenvalue weighted by molar-refractivity contribution is 5.52. The van der Waals surface area contributed by atoms with Crippen LogP contribution in [0.15, 0.2) is 18.2 Å². The number of nitriles is 1. The van der Waals surface area contributed by atoms with Crippen LogP contribution in [-0.2, 0) is 0 Å². The molecule has 0 aromatic heterocycles. The van der Waals surface area contributed by atoms with Gasteiger partial charge in [-0.15, -0.1) is 0 Å². The van der Waals surface area contributed by atoms with Crippen LogP contribution < -0.4 is 11.5 Å². The first-order valence-corrected chi connectivity index (χ1v) is 3.85. The van der Waals surface area contributed by atoms with E-state index in [0.29, 0.717) is 16.8 Å². The van der Waals surface area contributed by atoms with E-state index in [0.717, 1.165) is 0 Å². The van der Waals surface area contributed by atoms with Crippen LogP contribution in [0.1, 0.15) is 17.2 Å². The molecule has 4 heteroatoms. The van der Waals surface area contributed by atoms with Crippen molar-refractivity contribution < 1.29 is 5.11 Å². The third kappa shape index (κ3) is 1.96. The van der Waals surface area contributed by atoms with Crippen LogP contribution in [0.2, 0.25) is 0 Å². The topological polar surface area (TPSA) is 96.1 Å². The predicted molar refractivity (Wildman–Crippen MR) is 49.6 cm³/mol. The first-order chi connectivity index (χ1) is 6.19. The molecule has 68 valence electrons. The van der Waals surface area contributed by atoms with Gasteiger partial charge in [0, 0.05) is 5.69 Å². The fourth-order valence-electron chi connectivity index (χ4n) is 1.06. The molecule has 1 aromatic rings. The second kappa shape index (κ2) is 3.90. The van der Waals surface area contributed by atoms with Gasteiger partial charge in [0.05, 0.1) is 24.3 Å². The Morgan fingerprint density at radius 3 is 2.77 bits per heavy atom. The molecule has 13 heavy (non-hydrogen) atoms. The van der Waals surface area contributed by atoms with Crippen LogP contribution in [-0.4, -0.2) is 11.7 Å². The van der Waals surface area contributed by atoms with E-state index in [2.05, 4.69) is 0 Å². The van der Waals surface area contributed by atoms with E-state index in [9.17, 15) is 0 Å². The molecule has 1 atom stereocenters. The largest absolute Gasteiger partial charge is 0.398 e. The van der Waals surface area contributed by atoms with E-state index < -0.39 is 6.04 Å². The Labute approximate surface area is 76.4 Å². The molecule has 0 radical (unpaired) electrons. The molecule has 0 fully saturated rings. The van der Waals surface area contributed by atoms with E-state index in [1.54, 1.807) is 18.2 Å². The number of aliphatic hydroxyl groups excluding tert-OH is 1. The molecule has 0 aliphatic rings. The Hall–Kier alpha value is -1.57. The average molecular weight is 177 g/mol. The lowest BCUT2D eigenvalue weighted by atomic mass is 10.0. The summed E-state index contributed by atoms with van der Waals surface area (Å²) in [5, 5.41) is 17.4. The zero-order valence-electron chi connectivity index (χ0n) is 7.07. The lowest BCUT2D eigenvalue weighted by Gasteiger charge is -2.11. The Kier molecular flexibility index (Phi) is 2.85. The number of rotatable bonds is 2. The number of hydrogen-bond donors (Lipinski definition) is 3. The monoisotopic (exact) mass is 177 g/mol. The van der Waals surface area contributed by atoms with E-state index in [1.807, 2.05) is 6.07 Å². The molecular weight excluding hydrogens is 166 g/mol. The number of nitrogens with zero attached hydrogens (tertiary/aromatic N) is 1. The van der Waals surface area contributed by atoms with Crippen molar-refractivity contribution in [3.05, 3.63) is 29.3 Å². The summed E-state index contributed by atoms with van der Waals surface area (Å²) in [5.74, 6) is 0. The zero-order valence-corrected chi connectivity index (χ0v) is 7.07. The van der Waals surface area contributed by atoms with Crippen LogP contribution >= 0.6 is 0 Å². The van der Waals surface area contributed by atoms with Gasteiger partial charge in [0.25, 0.3) is 0 Å². The maximum atomic E-state index is 8.81. The van der Waals surface area contributed by atoms with Gasteiger partial charge in [0.15, 0.2) is 0 Å². The van der Waals surface area contributed by atoms with E-state index in [1.165, 1.54) is 0 Å². The third-order valence-electron chi connectivity index (χ3n) is 1.81. The van der Waals surface area contributed by atoms with Crippen molar-refractivity contribution in [2.24, 2.45) is 5.73 Å². The minimum atomic E-state index is -0.520. The normalized spacial score (nSPS) is 12.1. The smallest absolute Gasteiger partial charge is 0.0991 e. The highest BCUT2D eigenvalue weighted by atomic mass is 16.3. The standard InChI is InChI=1S/C9H11N3O/c10-4-6-1-2-8(11)7(3-6)9(12)5-13/h1-3,9,13H,5,11-12H2/t9-/m1/s1. The van der Waals surface area contributed by atoms with Crippen molar-refractivity contribution in [3.63, 3.8) is 0 Å². The Bertz CT molecular complexity index is 343. The molecule has 0 spiro atoms. The van der Waals surface area contributed by atoms with Gasteiger partial charge in [-0.3, -0.25) is 0 Å². The minimum absolute atomic E-state index is 0.181. The minimum Gasteiger partial charge on any atom is -0.398 e. The maximum absolute atomic E-state index is 8.81. The van der Waals surface area contributed by atoms with Gasteiger partial charge in [0.1, 0.15) is 0 Å². The number of nitrogen functional groups attached to an aromatic ring is 1. The summed E-state index contributed by atoms with van der Waals surface area (Å²) in [6, 6.07) is 6.28.